The fourth-order valence-corrected chi connectivity index (χ4v) is 4.49. The molecule has 0 aromatic heterocycles. The standard InChI is InChI=1S/C16H23BrN2/c1-10-2-4-13(8-15(10)17)16(19-18)9-14-7-11-3-5-12(14)6-11/h2,4,8,11-12,14,16,19H,3,5-7,9,18H2,1H3. The first kappa shape index (κ1) is 13.6. The van der Waals surface area contributed by atoms with Gasteiger partial charge in [0, 0.05) is 10.5 Å². The van der Waals surface area contributed by atoms with Crippen LogP contribution in [0.25, 0.3) is 0 Å². The highest BCUT2D eigenvalue weighted by molar-refractivity contribution is 9.10. The predicted octanol–water partition coefficient (Wildman–Crippen LogP) is 4.09. The number of hydrazine groups is 1. The van der Waals surface area contributed by atoms with Crippen LogP contribution in [-0.4, -0.2) is 0 Å². The second-order valence-corrected chi connectivity index (χ2v) is 7.25. The lowest BCUT2D eigenvalue weighted by Gasteiger charge is -2.26. The van der Waals surface area contributed by atoms with E-state index in [4.69, 9.17) is 5.84 Å². The van der Waals surface area contributed by atoms with Gasteiger partial charge in [0.1, 0.15) is 0 Å². The Hall–Kier alpha value is -0.380. The number of nitrogens with one attached hydrogen (secondary N) is 1. The Balaban J connectivity index is 1.71. The molecule has 0 radical (unpaired) electrons. The topological polar surface area (TPSA) is 38.0 Å². The molecule has 4 unspecified atom stereocenters. The lowest BCUT2D eigenvalue weighted by Crippen LogP contribution is -2.30. The molecule has 2 nitrogen and oxygen atoms in total. The van der Waals surface area contributed by atoms with Crippen molar-refractivity contribution in [1.82, 2.24) is 5.43 Å². The molecule has 2 saturated carbocycles. The summed E-state index contributed by atoms with van der Waals surface area (Å²) < 4.78 is 1.18. The van der Waals surface area contributed by atoms with Gasteiger partial charge in [-0.05, 0) is 67.6 Å². The van der Waals surface area contributed by atoms with Crippen LogP contribution in [0.1, 0.15) is 49.3 Å². The number of aryl methyl sites for hydroxylation is 1. The molecule has 3 rings (SSSR count). The Morgan fingerprint density at radius 2 is 2.21 bits per heavy atom. The molecule has 0 amide bonds. The quantitative estimate of drug-likeness (QED) is 0.647. The minimum Gasteiger partial charge on any atom is -0.271 e. The molecule has 1 aromatic rings. The normalized spacial score (nSPS) is 30.8. The molecular weight excluding hydrogens is 300 g/mol. The fourth-order valence-electron chi connectivity index (χ4n) is 4.09. The number of hydrogen-bond donors (Lipinski definition) is 2. The van der Waals surface area contributed by atoms with Gasteiger partial charge < -0.3 is 0 Å². The van der Waals surface area contributed by atoms with E-state index >= 15 is 0 Å². The van der Waals surface area contributed by atoms with Gasteiger partial charge in [0.15, 0.2) is 0 Å². The van der Waals surface area contributed by atoms with Crippen molar-refractivity contribution >= 4 is 15.9 Å². The number of nitrogens with two attached hydrogens (primary N) is 1. The molecule has 0 aliphatic heterocycles. The SMILES string of the molecule is Cc1ccc(C(CC2CC3CCC2C3)NN)cc1Br. The molecular formula is C16H23BrN2. The molecule has 2 aliphatic carbocycles. The van der Waals surface area contributed by atoms with Crippen LogP contribution in [0.15, 0.2) is 22.7 Å². The summed E-state index contributed by atoms with van der Waals surface area (Å²) in [4.78, 5) is 0. The van der Waals surface area contributed by atoms with E-state index in [2.05, 4.69) is 46.5 Å². The summed E-state index contributed by atoms with van der Waals surface area (Å²) in [5, 5.41) is 0. The Morgan fingerprint density at radius 1 is 1.37 bits per heavy atom. The third-order valence-corrected chi connectivity index (χ3v) is 6.08. The maximum atomic E-state index is 5.80. The Kier molecular flexibility index (Phi) is 3.97. The molecule has 4 atom stereocenters. The average molecular weight is 323 g/mol. The summed E-state index contributed by atoms with van der Waals surface area (Å²) in [5.74, 6) is 8.66. The van der Waals surface area contributed by atoms with Crippen molar-refractivity contribution in [3.05, 3.63) is 33.8 Å². The number of hydrogen-bond acceptors (Lipinski definition) is 2. The predicted molar refractivity (Wildman–Crippen MR) is 82.5 cm³/mol. The van der Waals surface area contributed by atoms with E-state index in [0.29, 0.717) is 6.04 Å². The number of rotatable bonds is 4. The van der Waals surface area contributed by atoms with E-state index in [9.17, 15) is 0 Å². The van der Waals surface area contributed by atoms with Gasteiger partial charge in [0.2, 0.25) is 0 Å². The summed E-state index contributed by atoms with van der Waals surface area (Å²) in [6, 6.07) is 6.89. The van der Waals surface area contributed by atoms with Crippen molar-refractivity contribution in [2.24, 2.45) is 23.6 Å². The third kappa shape index (κ3) is 2.74. The summed E-state index contributed by atoms with van der Waals surface area (Å²) in [7, 11) is 0. The molecule has 0 spiro atoms. The second-order valence-electron chi connectivity index (χ2n) is 6.40. The lowest BCUT2D eigenvalue weighted by molar-refractivity contribution is 0.280. The zero-order valence-electron chi connectivity index (χ0n) is 11.5. The van der Waals surface area contributed by atoms with Gasteiger partial charge in [-0.25, -0.2) is 0 Å². The average Bonchev–Trinajstić information content (AvgIpc) is 3.01. The van der Waals surface area contributed by atoms with Crippen molar-refractivity contribution < 1.29 is 0 Å². The molecule has 3 heteroatoms. The maximum absolute atomic E-state index is 5.80. The fraction of sp³-hybridized carbons (Fsp3) is 0.625. The summed E-state index contributed by atoms with van der Waals surface area (Å²) >= 11 is 3.62. The molecule has 104 valence electrons. The van der Waals surface area contributed by atoms with Gasteiger partial charge in [-0.15, -0.1) is 0 Å². The summed E-state index contributed by atoms with van der Waals surface area (Å²) in [6.07, 6.45) is 7.00. The van der Waals surface area contributed by atoms with Gasteiger partial charge >= 0.3 is 0 Å². The number of halogens is 1. The highest BCUT2D eigenvalue weighted by atomic mass is 79.9. The first-order chi connectivity index (χ1) is 9.17. The largest absolute Gasteiger partial charge is 0.271 e. The minimum absolute atomic E-state index is 0.293. The van der Waals surface area contributed by atoms with E-state index in [0.717, 1.165) is 17.8 Å². The van der Waals surface area contributed by atoms with Crippen LogP contribution in [-0.2, 0) is 0 Å². The van der Waals surface area contributed by atoms with Crippen LogP contribution >= 0.6 is 15.9 Å². The second kappa shape index (κ2) is 5.55. The number of fused-ring (bicyclic) bond motifs is 2. The minimum atomic E-state index is 0.293. The zero-order valence-corrected chi connectivity index (χ0v) is 13.1. The van der Waals surface area contributed by atoms with Crippen LogP contribution in [0, 0.1) is 24.7 Å². The Bertz CT molecular complexity index is 460. The van der Waals surface area contributed by atoms with E-state index < -0.39 is 0 Å². The van der Waals surface area contributed by atoms with Crippen LogP contribution in [0.3, 0.4) is 0 Å². The molecule has 19 heavy (non-hydrogen) atoms. The highest BCUT2D eigenvalue weighted by Gasteiger charge is 2.40. The van der Waals surface area contributed by atoms with E-state index in [1.165, 1.54) is 47.7 Å². The van der Waals surface area contributed by atoms with E-state index in [1.807, 2.05) is 0 Å². The van der Waals surface area contributed by atoms with Gasteiger partial charge in [-0.2, -0.15) is 0 Å². The monoisotopic (exact) mass is 322 g/mol. The smallest absolute Gasteiger partial charge is 0.0463 e. The lowest BCUT2D eigenvalue weighted by atomic mass is 9.83. The van der Waals surface area contributed by atoms with Gasteiger partial charge in [0.25, 0.3) is 0 Å². The highest BCUT2D eigenvalue weighted by Crippen LogP contribution is 2.50. The first-order valence-electron chi connectivity index (χ1n) is 7.39. The molecule has 0 saturated heterocycles. The van der Waals surface area contributed by atoms with Crippen LogP contribution in [0.5, 0.6) is 0 Å². The number of benzene rings is 1. The van der Waals surface area contributed by atoms with Gasteiger partial charge in [-0.1, -0.05) is 34.5 Å². The Morgan fingerprint density at radius 3 is 2.79 bits per heavy atom. The van der Waals surface area contributed by atoms with E-state index in [-0.39, 0.29) is 0 Å². The summed E-state index contributed by atoms with van der Waals surface area (Å²) in [6.45, 7) is 2.12. The molecule has 3 N–H and O–H groups in total. The van der Waals surface area contributed by atoms with Crippen LogP contribution in [0.4, 0.5) is 0 Å². The van der Waals surface area contributed by atoms with Crippen molar-refractivity contribution in [3.63, 3.8) is 0 Å². The molecule has 2 aliphatic rings. The summed E-state index contributed by atoms with van der Waals surface area (Å²) in [5.41, 5.74) is 5.62. The third-order valence-electron chi connectivity index (χ3n) is 5.22. The van der Waals surface area contributed by atoms with Gasteiger partial charge in [0.05, 0.1) is 0 Å². The van der Waals surface area contributed by atoms with Gasteiger partial charge in [-0.3, -0.25) is 11.3 Å². The van der Waals surface area contributed by atoms with Crippen molar-refractivity contribution in [2.45, 2.75) is 45.1 Å². The molecule has 1 aromatic carbocycles. The van der Waals surface area contributed by atoms with E-state index in [1.54, 1.807) is 0 Å². The van der Waals surface area contributed by atoms with Crippen molar-refractivity contribution in [1.29, 1.82) is 0 Å². The molecule has 2 fully saturated rings. The molecule has 2 bridgehead atoms. The zero-order chi connectivity index (χ0) is 13.4. The van der Waals surface area contributed by atoms with Crippen LogP contribution in [0.2, 0.25) is 0 Å². The first-order valence-corrected chi connectivity index (χ1v) is 8.19. The van der Waals surface area contributed by atoms with Crippen molar-refractivity contribution in [3.8, 4) is 0 Å². The van der Waals surface area contributed by atoms with Crippen LogP contribution < -0.4 is 11.3 Å². The molecule has 0 heterocycles. The van der Waals surface area contributed by atoms with Crippen molar-refractivity contribution in [2.75, 3.05) is 0 Å². The maximum Gasteiger partial charge on any atom is 0.0463 e. The Labute approximate surface area is 124 Å².